The molecule has 0 unspecified atom stereocenters. The molecule has 10 heteroatoms. The first kappa shape index (κ1) is 27.4. The first-order valence-electron chi connectivity index (χ1n) is 10.3. The van der Waals surface area contributed by atoms with Crippen molar-refractivity contribution in [2.75, 3.05) is 17.1 Å². The molecule has 0 fully saturated rings. The number of halogens is 2. The fraction of sp³-hybridized carbons (Fsp3) is 0.391. The molecular weight excluding hydrogens is 577 g/mol. The predicted molar refractivity (Wildman–Crippen MR) is 141 cm³/mol. The molecule has 7 nitrogen and oxygen atoms in total. The summed E-state index contributed by atoms with van der Waals surface area (Å²) in [4.78, 5) is 27.7. The lowest BCUT2D eigenvalue weighted by Gasteiger charge is -2.33. The van der Waals surface area contributed by atoms with E-state index >= 15 is 0 Å². The van der Waals surface area contributed by atoms with Crippen molar-refractivity contribution in [3.63, 3.8) is 0 Å². The number of hydrogen-bond acceptors (Lipinski definition) is 4. The molecule has 0 heterocycles. The second-order valence-electron chi connectivity index (χ2n) is 8.81. The van der Waals surface area contributed by atoms with Gasteiger partial charge in [-0.2, -0.15) is 0 Å². The van der Waals surface area contributed by atoms with Crippen molar-refractivity contribution in [3.8, 4) is 0 Å². The van der Waals surface area contributed by atoms with Gasteiger partial charge in [0.2, 0.25) is 21.8 Å². The van der Waals surface area contributed by atoms with E-state index < -0.39 is 34.1 Å². The molecule has 0 radical (unpaired) electrons. The lowest BCUT2D eigenvalue weighted by Crippen LogP contribution is -2.54. The molecule has 0 saturated carbocycles. The van der Waals surface area contributed by atoms with Crippen LogP contribution in [0.25, 0.3) is 0 Å². The van der Waals surface area contributed by atoms with Gasteiger partial charge in [0.1, 0.15) is 12.6 Å². The number of carbonyl (C=O) groups is 2. The van der Waals surface area contributed by atoms with Crippen LogP contribution < -0.4 is 9.62 Å². The van der Waals surface area contributed by atoms with E-state index in [1.54, 1.807) is 55.5 Å². The molecule has 1 N–H and O–H groups in total. The van der Waals surface area contributed by atoms with Gasteiger partial charge in [-0.3, -0.25) is 13.9 Å². The third-order valence-electron chi connectivity index (χ3n) is 4.73. The van der Waals surface area contributed by atoms with Crippen LogP contribution in [-0.4, -0.2) is 49.5 Å². The Morgan fingerprint density at radius 2 is 1.61 bits per heavy atom. The minimum absolute atomic E-state index is 0.124. The second-order valence-corrected chi connectivity index (χ2v) is 12.4. The number of anilines is 1. The van der Waals surface area contributed by atoms with E-state index in [4.69, 9.17) is 11.6 Å². The maximum absolute atomic E-state index is 13.4. The zero-order chi connectivity index (χ0) is 25.0. The maximum atomic E-state index is 13.4. The Labute approximate surface area is 214 Å². The highest BCUT2D eigenvalue weighted by Gasteiger charge is 2.31. The molecule has 2 rings (SSSR count). The van der Waals surface area contributed by atoms with Crippen molar-refractivity contribution >= 4 is 61.7 Å². The van der Waals surface area contributed by atoms with Crippen LogP contribution in [0.4, 0.5) is 5.69 Å². The average molecular weight is 606 g/mol. The van der Waals surface area contributed by atoms with Gasteiger partial charge in [-0.1, -0.05) is 23.7 Å². The number of nitrogens with zero attached hydrogens (tertiary/aromatic N) is 2. The number of sulfonamides is 1. The summed E-state index contributed by atoms with van der Waals surface area (Å²) < 4.78 is 27.0. The van der Waals surface area contributed by atoms with Crippen LogP contribution in [0.2, 0.25) is 5.02 Å². The van der Waals surface area contributed by atoms with Crippen LogP contribution >= 0.6 is 34.2 Å². The van der Waals surface area contributed by atoms with E-state index in [9.17, 15) is 18.0 Å². The van der Waals surface area contributed by atoms with Crippen molar-refractivity contribution in [1.29, 1.82) is 0 Å². The van der Waals surface area contributed by atoms with E-state index in [1.165, 1.54) is 4.90 Å². The molecule has 180 valence electrons. The quantitative estimate of drug-likeness (QED) is 0.460. The Morgan fingerprint density at radius 1 is 1.06 bits per heavy atom. The lowest BCUT2D eigenvalue weighted by atomic mass is 10.1. The summed E-state index contributed by atoms with van der Waals surface area (Å²) in [5.74, 6) is -0.824. The van der Waals surface area contributed by atoms with Gasteiger partial charge in [0.05, 0.1) is 11.9 Å². The molecule has 0 aliphatic carbocycles. The van der Waals surface area contributed by atoms with Gasteiger partial charge in [0.25, 0.3) is 0 Å². The van der Waals surface area contributed by atoms with Crippen molar-refractivity contribution in [2.45, 2.75) is 45.8 Å². The third-order valence-corrected chi connectivity index (χ3v) is 6.84. The summed E-state index contributed by atoms with van der Waals surface area (Å²) in [7, 11) is -3.75. The molecule has 2 aromatic carbocycles. The van der Waals surface area contributed by atoms with Gasteiger partial charge in [0, 0.05) is 20.7 Å². The summed E-state index contributed by atoms with van der Waals surface area (Å²) in [5, 5.41) is 3.44. The van der Waals surface area contributed by atoms with Crippen LogP contribution in [-0.2, 0) is 26.2 Å². The highest BCUT2D eigenvalue weighted by molar-refractivity contribution is 14.1. The predicted octanol–water partition coefficient (Wildman–Crippen LogP) is 4.04. The van der Waals surface area contributed by atoms with Gasteiger partial charge < -0.3 is 10.2 Å². The number of rotatable bonds is 8. The Morgan fingerprint density at radius 3 is 2.09 bits per heavy atom. The molecule has 0 aromatic heterocycles. The largest absolute Gasteiger partial charge is 0.350 e. The van der Waals surface area contributed by atoms with Crippen molar-refractivity contribution in [2.24, 2.45) is 0 Å². The molecule has 1 atom stereocenters. The summed E-state index contributed by atoms with van der Waals surface area (Å²) >= 11 is 8.10. The molecule has 0 aliphatic rings. The van der Waals surface area contributed by atoms with Gasteiger partial charge in [-0.25, -0.2) is 8.42 Å². The summed E-state index contributed by atoms with van der Waals surface area (Å²) in [6, 6.07) is 12.9. The Hall–Kier alpha value is -1.85. The average Bonchev–Trinajstić information content (AvgIpc) is 2.69. The van der Waals surface area contributed by atoms with Crippen LogP contribution in [0.1, 0.15) is 33.3 Å². The van der Waals surface area contributed by atoms with Gasteiger partial charge in [-0.05, 0) is 92.2 Å². The van der Waals surface area contributed by atoms with Crippen LogP contribution in [0.3, 0.4) is 0 Å². The zero-order valence-electron chi connectivity index (χ0n) is 19.3. The molecule has 2 amide bonds. The number of hydrogen-bond donors (Lipinski definition) is 1. The van der Waals surface area contributed by atoms with E-state index in [2.05, 4.69) is 27.9 Å². The standard InChI is InChI=1S/C23H29ClIN3O4S/c1-16(22(30)26-23(2,3)4)27(14-17-6-8-18(24)9-7-17)21(29)15-28(33(5,31)32)20-12-10-19(25)11-13-20/h6-13,16H,14-15H2,1-5H3,(H,26,30)/t16-/m1/s1. The third kappa shape index (κ3) is 8.46. The normalized spacial score (nSPS) is 12.7. The van der Waals surface area contributed by atoms with Crippen molar-refractivity contribution in [3.05, 3.63) is 62.7 Å². The van der Waals surface area contributed by atoms with Crippen LogP contribution in [0, 0.1) is 3.57 Å². The number of nitrogens with one attached hydrogen (secondary N) is 1. The molecule has 0 spiro atoms. The molecule has 0 saturated heterocycles. The van der Waals surface area contributed by atoms with E-state index in [1.807, 2.05) is 20.8 Å². The van der Waals surface area contributed by atoms with Crippen LogP contribution in [0.5, 0.6) is 0 Å². The van der Waals surface area contributed by atoms with Crippen molar-refractivity contribution < 1.29 is 18.0 Å². The monoisotopic (exact) mass is 605 g/mol. The van der Waals surface area contributed by atoms with E-state index in [0.717, 1.165) is 19.7 Å². The van der Waals surface area contributed by atoms with Crippen molar-refractivity contribution in [1.82, 2.24) is 10.2 Å². The minimum Gasteiger partial charge on any atom is -0.350 e. The SMILES string of the molecule is C[C@H](C(=O)NC(C)(C)C)N(Cc1ccc(Cl)cc1)C(=O)CN(c1ccc(I)cc1)S(C)(=O)=O. The molecule has 0 bridgehead atoms. The first-order valence-corrected chi connectivity index (χ1v) is 13.6. The number of amides is 2. The van der Waals surface area contributed by atoms with E-state index in [0.29, 0.717) is 10.7 Å². The molecule has 2 aromatic rings. The highest BCUT2D eigenvalue weighted by Crippen LogP contribution is 2.21. The zero-order valence-corrected chi connectivity index (χ0v) is 23.0. The molecule has 33 heavy (non-hydrogen) atoms. The van der Waals surface area contributed by atoms with Crippen LogP contribution in [0.15, 0.2) is 48.5 Å². The van der Waals surface area contributed by atoms with Gasteiger partial charge in [0.15, 0.2) is 0 Å². The number of carbonyl (C=O) groups excluding carboxylic acids is 2. The maximum Gasteiger partial charge on any atom is 0.244 e. The fourth-order valence-electron chi connectivity index (χ4n) is 3.06. The first-order chi connectivity index (χ1) is 15.2. The van der Waals surface area contributed by atoms with E-state index in [-0.39, 0.29) is 12.5 Å². The fourth-order valence-corrected chi connectivity index (χ4v) is 4.40. The second kappa shape index (κ2) is 11.1. The Balaban J connectivity index is 2.38. The Kier molecular flexibility index (Phi) is 9.17. The number of benzene rings is 2. The van der Waals surface area contributed by atoms with Gasteiger partial charge >= 0.3 is 0 Å². The lowest BCUT2D eigenvalue weighted by molar-refractivity contribution is -0.140. The molecule has 0 aliphatic heterocycles. The summed E-state index contributed by atoms with van der Waals surface area (Å²) in [5.41, 5.74) is 0.660. The topological polar surface area (TPSA) is 86.8 Å². The summed E-state index contributed by atoms with van der Waals surface area (Å²) in [6.45, 7) is 6.88. The van der Waals surface area contributed by atoms with Gasteiger partial charge in [-0.15, -0.1) is 0 Å². The smallest absolute Gasteiger partial charge is 0.244 e. The molecular formula is C23H29ClIN3O4S. The minimum atomic E-state index is -3.75. The highest BCUT2D eigenvalue weighted by atomic mass is 127. The summed E-state index contributed by atoms with van der Waals surface area (Å²) in [6.07, 6.45) is 1.05. The Bertz CT molecular complexity index is 1080.